The molecule has 0 spiro atoms. The van der Waals surface area contributed by atoms with Crippen molar-refractivity contribution in [2.45, 2.75) is 51.2 Å². The van der Waals surface area contributed by atoms with E-state index < -0.39 is 0 Å². The predicted molar refractivity (Wildman–Crippen MR) is 98.7 cm³/mol. The van der Waals surface area contributed by atoms with Crippen LogP contribution < -0.4 is 4.90 Å². The summed E-state index contributed by atoms with van der Waals surface area (Å²) < 4.78 is 5.90. The Balaban J connectivity index is 1.36. The Hall–Kier alpha value is -1.10. The van der Waals surface area contributed by atoms with E-state index in [1.54, 1.807) is 0 Å². The van der Waals surface area contributed by atoms with E-state index >= 15 is 0 Å². The molecule has 3 rings (SSSR count). The summed E-state index contributed by atoms with van der Waals surface area (Å²) in [6.45, 7) is 7.41. The predicted octanol–water partition coefficient (Wildman–Crippen LogP) is 2.83. The lowest BCUT2D eigenvalue weighted by Gasteiger charge is -2.37. The van der Waals surface area contributed by atoms with Crippen LogP contribution in [0.5, 0.6) is 0 Å². The average Bonchev–Trinajstić information content (AvgIpc) is 2.62. The summed E-state index contributed by atoms with van der Waals surface area (Å²) in [7, 11) is 0. The summed E-state index contributed by atoms with van der Waals surface area (Å²) in [6, 6.07) is 8.76. The highest BCUT2D eigenvalue weighted by molar-refractivity contribution is 5.47. The van der Waals surface area contributed by atoms with Gasteiger partial charge in [0.15, 0.2) is 0 Å². The summed E-state index contributed by atoms with van der Waals surface area (Å²) in [5.41, 5.74) is 2.61. The van der Waals surface area contributed by atoms with E-state index in [1.165, 1.54) is 43.4 Å². The number of hydrogen-bond donors (Lipinski definition) is 1. The molecule has 4 heteroatoms. The van der Waals surface area contributed by atoms with Crippen molar-refractivity contribution < 1.29 is 9.84 Å². The maximum Gasteiger partial charge on any atom is 0.0900 e. The molecule has 1 aromatic carbocycles. The van der Waals surface area contributed by atoms with Crippen molar-refractivity contribution in [3.8, 4) is 0 Å². The summed E-state index contributed by atoms with van der Waals surface area (Å²) >= 11 is 0. The van der Waals surface area contributed by atoms with Gasteiger partial charge in [-0.15, -0.1) is 0 Å². The van der Waals surface area contributed by atoms with Crippen molar-refractivity contribution in [2.75, 3.05) is 44.2 Å². The molecule has 4 nitrogen and oxygen atoms in total. The molecule has 1 aliphatic heterocycles. The topological polar surface area (TPSA) is 35.9 Å². The molecule has 134 valence electrons. The van der Waals surface area contributed by atoms with Crippen LogP contribution in [0, 0.1) is 6.92 Å². The van der Waals surface area contributed by atoms with Crippen LogP contribution in [0.1, 0.15) is 37.7 Å². The van der Waals surface area contributed by atoms with E-state index in [-0.39, 0.29) is 6.10 Å². The quantitative estimate of drug-likeness (QED) is 0.869. The van der Waals surface area contributed by atoms with Gasteiger partial charge in [-0.3, -0.25) is 4.90 Å². The molecule has 0 radical (unpaired) electrons. The van der Waals surface area contributed by atoms with E-state index in [9.17, 15) is 5.11 Å². The molecule has 0 bridgehead atoms. The first-order valence-electron chi connectivity index (χ1n) is 9.54. The number of piperazine rings is 1. The minimum atomic E-state index is -0.363. The van der Waals surface area contributed by atoms with E-state index in [2.05, 4.69) is 41.0 Å². The van der Waals surface area contributed by atoms with Gasteiger partial charge in [0.1, 0.15) is 0 Å². The van der Waals surface area contributed by atoms with Crippen molar-refractivity contribution in [3.05, 3.63) is 29.8 Å². The van der Waals surface area contributed by atoms with Crippen molar-refractivity contribution in [3.63, 3.8) is 0 Å². The smallest absolute Gasteiger partial charge is 0.0900 e. The van der Waals surface area contributed by atoms with Gasteiger partial charge in [-0.05, 0) is 31.9 Å². The molecular weight excluding hydrogens is 300 g/mol. The molecule has 0 aromatic heterocycles. The van der Waals surface area contributed by atoms with Gasteiger partial charge in [-0.2, -0.15) is 0 Å². The first-order valence-corrected chi connectivity index (χ1v) is 9.54. The molecule has 2 fully saturated rings. The Morgan fingerprint density at radius 3 is 2.38 bits per heavy atom. The second-order valence-electron chi connectivity index (χ2n) is 7.37. The zero-order valence-electron chi connectivity index (χ0n) is 15.0. The van der Waals surface area contributed by atoms with Crippen LogP contribution in [-0.4, -0.2) is 61.5 Å². The summed E-state index contributed by atoms with van der Waals surface area (Å²) in [4.78, 5) is 4.79. The molecule has 1 heterocycles. The first-order chi connectivity index (χ1) is 11.7. The van der Waals surface area contributed by atoms with Crippen molar-refractivity contribution in [2.24, 2.45) is 0 Å². The molecular formula is C20H32N2O2. The highest BCUT2D eigenvalue weighted by Crippen LogP contribution is 2.20. The van der Waals surface area contributed by atoms with Gasteiger partial charge >= 0.3 is 0 Å². The van der Waals surface area contributed by atoms with Crippen LogP contribution in [0.4, 0.5) is 5.69 Å². The highest BCUT2D eigenvalue weighted by Gasteiger charge is 2.21. The van der Waals surface area contributed by atoms with Crippen LogP contribution in [-0.2, 0) is 4.74 Å². The van der Waals surface area contributed by atoms with Gasteiger partial charge in [0, 0.05) is 38.4 Å². The minimum absolute atomic E-state index is 0.363. The second kappa shape index (κ2) is 8.84. The number of aliphatic hydroxyl groups is 1. The lowest BCUT2D eigenvalue weighted by molar-refractivity contribution is -0.0336. The Labute approximate surface area is 146 Å². The van der Waals surface area contributed by atoms with Gasteiger partial charge in [0.2, 0.25) is 0 Å². The van der Waals surface area contributed by atoms with E-state index in [0.717, 1.165) is 32.7 Å². The van der Waals surface area contributed by atoms with Crippen LogP contribution in [0.25, 0.3) is 0 Å². The highest BCUT2D eigenvalue weighted by atomic mass is 16.5. The number of hydrogen-bond acceptors (Lipinski definition) is 4. The molecule has 1 atom stereocenters. The molecule has 1 saturated heterocycles. The lowest BCUT2D eigenvalue weighted by atomic mass is 9.98. The monoisotopic (exact) mass is 332 g/mol. The largest absolute Gasteiger partial charge is 0.389 e. The van der Waals surface area contributed by atoms with Gasteiger partial charge in [-0.25, -0.2) is 0 Å². The fourth-order valence-corrected chi connectivity index (χ4v) is 3.77. The van der Waals surface area contributed by atoms with Gasteiger partial charge in [-0.1, -0.05) is 37.0 Å². The van der Waals surface area contributed by atoms with Crippen LogP contribution in [0.15, 0.2) is 24.3 Å². The molecule has 24 heavy (non-hydrogen) atoms. The standard InChI is InChI=1S/C20H32N2O2/c1-17-7-9-18(10-8-17)22-13-11-21(12-14-22)15-19(23)16-24-20-5-3-2-4-6-20/h7-10,19-20,23H,2-6,11-16H2,1H3/t19-/m1/s1. The van der Waals surface area contributed by atoms with Crippen molar-refractivity contribution >= 4 is 5.69 Å². The fraction of sp³-hybridized carbons (Fsp3) is 0.700. The lowest BCUT2D eigenvalue weighted by Crippen LogP contribution is -2.49. The normalized spacial score (nSPS) is 21.8. The second-order valence-corrected chi connectivity index (χ2v) is 7.37. The molecule has 1 aliphatic carbocycles. The van der Waals surface area contributed by atoms with E-state index in [4.69, 9.17) is 4.74 Å². The fourth-order valence-electron chi connectivity index (χ4n) is 3.77. The third kappa shape index (κ3) is 5.20. The van der Waals surface area contributed by atoms with Crippen LogP contribution in [0.2, 0.25) is 0 Å². The molecule has 1 saturated carbocycles. The average molecular weight is 332 g/mol. The number of benzene rings is 1. The summed E-state index contributed by atoms with van der Waals surface area (Å²) in [5.74, 6) is 0. The third-order valence-electron chi connectivity index (χ3n) is 5.32. The van der Waals surface area contributed by atoms with Crippen LogP contribution >= 0.6 is 0 Å². The SMILES string of the molecule is Cc1ccc(N2CCN(C[C@@H](O)COC3CCCCC3)CC2)cc1. The number of nitrogens with zero attached hydrogens (tertiary/aromatic N) is 2. The number of rotatable bonds is 6. The molecule has 2 aliphatic rings. The Morgan fingerprint density at radius 1 is 1.04 bits per heavy atom. The first kappa shape index (κ1) is 17.7. The number of anilines is 1. The number of β-amino-alcohol motifs (C(OH)–C–C–N with tert-alkyl or cyclic N) is 1. The summed E-state index contributed by atoms with van der Waals surface area (Å²) in [6.07, 6.45) is 6.26. The molecule has 0 amide bonds. The number of aliphatic hydroxyl groups excluding tert-OH is 1. The van der Waals surface area contributed by atoms with Crippen LogP contribution in [0.3, 0.4) is 0 Å². The van der Waals surface area contributed by atoms with Gasteiger partial charge in [0.05, 0.1) is 18.8 Å². The molecule has 1 aromatic rings. The van der Waals surface area contributed by atoms with Gasteiger partial charge in [0.25, 0.3) is 0 Å². The van der Waals surface area contributed by atoms with E-state index in [1.807, 2.05) is 0 Å². The Morgan fingerprint density at radius 2 is 1.71 bits per heavy atom. The Bertz CT molecular complexity index is 477. The number of ether oxygens (including phenoxy) is 1. The van der Waals surface area contributed by atoms with E-state index in [0.29, 0.717) is 12.7 Å². The maximum atomic E-state index is 10.3. The third-order valence-corrected chi connectivity index (χ3v) is 5.32. The van der Waals surface area contributed by atoms with Crippen molar-refractivity contribution in [1.29, 1.82) is 0 Å². The molecule has 0 unspecified atom stereocenters. The molecule has 1 N–H and O–H groups in total. The minimum Gasteiger partial charge on any atom is -0.389 e. The maximum absolute atomic E-state index is 10.3. The van der Waals surface area contributed by atoms with Crippen molar-refractivity contribution in [1.82, 2.24) is 4.90 Å². The van der Waals surface area contributed by atoms with Gasteiger partial charge < -0.3 is 14.7 Å². The number of aryl methyl sites for hydroxylation is 1. The zero-order valence-corrected chi connectivity index (χ0v) is 15.0. The summed E-state index contributed by atoms with van der Waals surface area (Å²) in [5, 5.41) is 10.3. The Kier molecular flexibility index (Phi) is 6.52. The zero-order chi connectivity index (χ0) is 16.8.